The second-order valence-electron chi connectivity index (χ2n) is 3.55. The molecule has 0 bridgehead atoms. The van der Waals surface area contributed by atoms with Gasteiger partial charge in [0, 0.05) is 15.8 Å². The predicted molar refractivity (Wildman–Crippen MR) is 68.1 cm³/mol. The molecular weight excluding hydrogens is 305 g/mol. The Balaban J connectivity index is 2.80. The molecule has 0 aromatic carbocycles. The molecule has 5 heteroatoms. The van der Waals surface area contributed by atoms with Gasteiger partial charge in [0.05, 0.1) is 5.52 Å². The van der Waals surface area contributed by atoms with E-state index >= 15 is 0 Å². The molecule has 0 saturated carbocycles. The summed E-state index contributed by atoms with van der Waals surface area (Å²) in [6.07, 6.45) is 2.65. The highest BCUT2D eigenvalue weighted by Gasteiger charge is 2.13. The molecule has 80 valence electrons. The van der Waals surface area contributed by atoms with E-state index in [4.69, 9.17) is 0 Å². The molecule has 0 amide bonds. The molecule has 1 N–H and O–H groups in total. The van der Waals surface area contributed by atoms with Gasteiger partial charge in [-0.2, -0.15) is 0 Å². The molecule has 0 saturated heterocycles. The highest BCUT2D eigenvalue weighted by molar-refractivity contribution is 14.1. The van der Waals surface area contributed by atoms with Crippen molar-refractivity contribution in [2.75, 3.05) is 0 Å². The van der Waals surface area contributed by atoms with Crippen molar-refractivity contribution in [1.29, 1.82) is 0 Å². The molecular formula is C10H12IN3O. The number of hydrogen-bond donors (Lipinski definition) is 1. The third-order valence-corrected chi connectivity index (χ3v) is 3.49. The van der Waals surface area contributed by atoms with Crippen LogP contribution < -0.4 is 5.69 Å². The topological polar surface area (TPSA) is 50.7 Å². The van der Waals surface area contributed by atoms with Crippen molar-refractivity contribution in [2.24, 2.45) is 0 Å². The van der Waals surface area contributed by atoms with E-state index in [1.165, 1.54) is 0 Å². The van der Waals surface area contributed by atoms with Crippen molar-refractivity contribution in [1.82, 2.24) is 14.5 Å². The second kappa shape index (κ2) is 3.96. The Labute approximate surface area is 101 Å². The molecule has 0 aliphatic carbocycles. The Hall–Kier alpha value is -0.850. The zero-order chi connectivity index (χ0) is 11.0. The largest absolute Gasteiger partial charge is 0.327 e. The van der Waals surface area contributed by atoms with E-state index in [2.05, 4.69) is 39.5 Å². The molecule has 2 heterocycles. The number of imidazole rings is 1. The first kappa shape index (κ1) is 10.7. The van der Waals surface area contributed by atoms with E-state index in [0.29, 0.717) is 0 Å². The maximum Gasteiger partial charge on any atom is 0.327 e. The summed E-state index contributed by atoms with van der Waals surface area (Å²) in [5, 5.41) is 0. The minimum absolute atomic E-state index is 0.0732. The van der Waals surface area contributed by atoms with Crippen molar-refractivity contribution < 1.29 is 0 Å². The average Bonchev–Trinajstić information content (AvgIpc) is 2.55. The number of pyridine rings is 1. The lowest BCUT2D eigenvalue weighted by Gasteiger charge is -2.09. The highest BCUT2D eigenvalue weighted by atomic mass is 127. The number of hydrogen-bond acceptors (Lipinski definition) is 2. The van der Waals surface area contributed by atoms with Gasteiger partial charge in [-0.25, -0.2) is 9.78 Å². The number of aromatic amines is 1. The van der Waals surface area contributed by atoms with Crippen LogP contribution in [0.15, 0.2) is 17.1 Å². The summed E-state index contributed by atoms with van der Waals surface area (Å²) in [6, 6.07) is 2.07. The van der Waals surface area contributed by atoms with Gasteiger partial charge in [0.25, 0.3) is 0 Å². The van der Waals surface area contributed by atoms with Gasteiger partial charge in [0.15, 0.2) is 5.65 Å². The molecule has 15 heavy (non-hydrogen) atoms. The summed E-state index contributed by atoms with van der Waals surface area (Å²) in [5.41, 5.74) is 1.51. The van der Waals surface area contributed by atoms with Gasteiger partial charge in [-0.15, -0.1) is 0 Å². The van der Waals surface area contributed by atoms with Crippen LogP contribution in [-0.4, -0.2) is 14.5 Å². The Bertz CT molecular complexity index is 543. The Morgan fingerprint density at radius 3 is 3.07 bits per heavy atom. The van der Waals surface area contributed by atoms with Crippen molar-refractivity contribution in [2.45, 2.75) is 26.3 Å². The average molecular weight is 317 g/mol. The van der Waals surface area contributed by atoms with Gasteiger partial charge < -0.3 is 4.98 Å². The smallest absolute Gasteiger partial charge is 0.303 e. The van der Waals surface area contributed by atoms with Crippen LogP contribution in [0, 0.1) is 3.57 Å². The number of halogens is 1. The van der Waals surface area contributed by atoms with E-state index < -0.39 is 0 Å². The van der Waals surface area contributed by atoms with Crippen molar-refractivity contribution in [3.63, 3.8) is 0 Å². The zero-order valence-electron chi connectivity index (χ0n) is 8.62. The first-order valence-corrected chi connectivity index (χ1v) is 5.97. The summed E-state index contributed by atoms with van der Waals surface area (Å²) < 4.78 is 2.74. The molecule has 0 aliphatic heterocycles. The van der Waals surface area contributed by atoms with Crippen molar-refractivity contribution >= 4 is 33.8 Å². The minimum Gasteiger partial charge on any atom is -0.303 e. The van der Waals surface area contributed by atoms with Crippen LogP contribution in [-0.2, 0) is 0 Å². The van der Waals surface area contributed by atoms with Gasteiger partial charge in [-0.3, -0.25) is 4.57 Å². The molecule has 0 spiro atoms. The number of aromatic nitrogens is 3. The third kappa shape index (κ3) is 1.68. The predicted octanol–water partition coefficient (Wildman–Crippen LogP) is 2.30. The first-order valence-electron chi connectivity index (χ1n) is 4.90. The van der Waals surface area contributed by atoms with E-state index in [0.717, 1.165) is 21.2 Å². The van der Waals surface area contributed by atoms with Crippen LogP contribution in [0.4, 0.5) is 0 Å². The molecule has 0 fully saturated rings. The fourth-order valence-electron chi connectivity index (χ4n) is 1.58. The Morgan fingerprint density at radius 2 is 2.40 bits per heavy atom. The van der Waals surface area contributed by atoms with E-state index in [1.54, 1.807) is 10.8 Å². The van der Waals surface area contributed by atoms with Gasteiger partial charge in [0.2, 0.25) is 0 Å². The first-order chi connectivity index (χ1) is 7.15. The highest BCUT2D eigenvalue weighted by Crippen LogP contribution is 2.18. The summed E-state index contributed by atoms with van der Waals surface area (Å²) in [7, 11) is 0. The maximum absolute atomic E-state index is 11.8. The summed E-state index contributed by atoms with van der Waals surface area (Å²) in [4.78, 5) is 18.9. The number of nitrogens with one attached hydrogen (secondary N) is 1. The Kier molecular flexibility index (Phi) is 2.81. The Morgan fingerprint density at radius 1 is 1.67 bits per heavy atom. The lowest BCUT2D eigenvalue weighted by Crippen LogP contribution is -2.20. The standard InChI is InChI=1S/C10H12IN3O/c1-3-6(2)14-9-8(13-10(14)15)7(11)4-5-12-9/h4-6H,3H2,1-2H3,(H,13,15). The second-order valence-corrected chi connectivity index (χ2v) is 4.71. The molecule has 2 rings (SSSR count). The molecule has 1 unspecified atom stereocenters. The van der Waals surface area contributed by atoms with Crippen molar-refractivity contribution in [3.05, 3.63) is 26.3 Å². The van der Waals surface area contributed by atoms with Gasteiger partial charge in [-0.1, -0.05) is 6.92 Å². The molecule has 1 atom stereocenters. The quantitative estimate of drug-likeness (QED) is 0.864. The van der Waals surface area contributed by atoms with E-state index in [9.17, 15) is 4.79 Å². The fourth-order valence-corrected chi connectivity index (χ4v) is 2.12. The minimum atomic E-state index is -0.0732. The van der Waals surface area contributed by atoms with Gasteiger partial charge in [-0.05, 0) is 42.0 Å². The van der Waals surface area contributed by atoms with E-state index in [1.807, 2.05) is 13.0 Å². The van der Waals surface area contributed by atoms with Crippen LogP contribution >= 0.6 is 22.6 Å². The number of fused-ring (bicyclic) bond motifs is 1. The van der Waals surface area contributed by atoms with Gasteiger partial charge in [0.1, 0.15) is 0 Å². The number of H-pyrrole nitrogens is 1. The molecule has 0 aliphatic rings. The lowest BCUT2D eigenvalue weighted by molar-refractivity contribution is 0.526. The zero-order valence-corrected chi connectivity index (χ0v) is 10.8. The summed E-state index contributed by atoms with van der Waals surface area (Å²) in [6.45, 7) is 4.08. The van der Waals surface area contributed by atoms with E-state index in [-0.39, 0.29) is 11.7 Å². The monoisotopic (exact) mass is 317 g/mol. The summed E-state index contributed by atoms with van der Waals surface area (Å²) >= 11 is 2.20. The normalized spacial score (nSPS) is 13.3. The SMILES string of the molecule is CCC(C)n1c(=O)[nH]c2c(I)ccnc21. The van der Waals surface area contributed by atoms with Crippen molar-refractivity contribution in [3.8, 4) is 0 Å². The van der Waals surface area contributed by atoms with Crippen LogP contribution in [0.1, 0.15) is 26.3 Å². The van der Waals surface area contributed by atoms with Crippen LogP contribution in [0.25, 0.3) is 11.2 Å². The molecule has 4 nitrogen and oxygen atoms in total. The number of rotatable bonds is 2. The fraction of sp³-hybridized carbons (Fsp3) is 0.400. The van der Waals surface area contributed by atoms with Crippen LogP contribution in [0.5, 0.6) is 0 Å². The van der Waals surface area contributed by atoms with Gasteiger partial charge >= 0.3 is 5.69 Å². The third-order valence-electron chi connectivity index (χ3n) is 2.59. The maximum atomic E-state index is 11.8. The lowest BCUT2D eigenvalue weighted by atomic mass is 10.2. The molecule has 2 aromatic rings. The number of nitrogens with zero attached hydrogens (tertiary/aromatic N) is 2. The molecule has 2 aromatic heterocycles. The summed E-state index contributed by atoms with van der Waals surface area (Å²) in [5.74, 6) is 0. The molecule has 0 radical (unpaired) electrons. The van der Waals surface area contributed by atoms with Crippen LogP contribution in [0.2, 0.25) is 0 Å². The van der Waals surface area contributed by atoms with Crippen LogP contribution in [0.3, 0.4) is 0 Å².